The Morgan fingerprint density at radius 1 is 1.25 bits per heavy atom. The molecular weight excluding hydrogens is 244 g/mol. The summed E-state index contributed by atoms with van der Waals surface area (Å²) in [6.07, 6.45) is 5.83. The van der Waals surface area contributed by atoms with Crippen LogP contribution >= 0.6 is 0 Å². The monoisotopic (exact) mass is 266 g/mol. The van der Waals surface area contributed by atoms with Crippen molar-refractivity contribution in [2.24, 2.45) is 11.3 Å². The second-order valence-corrected chi connectivity index (χ2v) is 6.68. The Kier molecular flexibility index (Phi) is 2.81. The smallest absolute Gasteiger partial charge is 0.0708 e. The molecule has 0 amide bonds. The zero-order valence-electron chi connectivity index (χ0n) is 12.2. The van der Waals surface area contributed by atoms with E-state index >= 15 is 0 Å². The Morgan fingerprint density at radius 2 is 2.05 bits per heavy atom. The van der Waals surface area contributed by atoms with Crippen LogP contribution in [0.5, 0.6) is 0 Å². The molecule has 1 N–H and O–H groups in total. The molecule has 2 saturated carbocycles. The van der Waals surface area contributed by atoms with Crippen LogP contribution in [0.15, 0.2) is 30.3 Å². The number of nitrogens with one attached hydrogen (secondary N) is 1. The van der Waals surface area contributed by atoms with Gasteiger partial charge in [-0.3, -0.25) is 4.98 Å². The van der Waals surface area contributed by atoms with Crippen LogP contribution in [-0.4, -0.2) is 11.5 Å². The second-order valence-electron chi connectivity index (χ2n) is 6.68. The van der Waals surface area contributed by atoms with Crippen molar-refractivity contribution in [1.82, 2.24) is 10.3 Å². The number of hydrogen-bond donors (Lipinski definition) is 1. The van der Waals surface area contributed by atoms with Gasteiger partial charge in [0.15, 0.2) is 0 Å². The molecule has 0 bridgehead atoms. The first-order chi connectivity index (χ1) is 9.77. The number of hydrogen-bond acceptors (Lipinski definition) is 2. The fourth-order valence-corrected chi connectivity index (χ4v) is 3.57. The highest BCUT2D eigenvalue weighted by Crippen LogP contribution is 2.60. The third kappa shape index (κ3) is 2.22. The molecule has 0 unspecified atom stereocenters. The molecule has 1 heterocycles. The van der Waals surface area contributed by atoms with Gasteiger partial charge in [0.1, 0.15) is 0 Å². The number of pyridine rings is 1. The first kappa shape index (κ1) is 12.3. The van der Waals surface area contributed by atoms with Gasteiger partial charge in [0.2, 0.25) is 0 Å². The molecule has 20 heavy (non-hydrogen) atoms. The molecule has 2 aliphatic rings. The van der Waals surface area contributed by atoms with Gasteiger partial charge in [0.25, 0.3) is 0 Å². The molecule has 0 atom stereocenters. The average molecular weight is 266 g/mol. The van der Waals surface area contributed by atoms with Gasteiger partial charge in [-0.1, -0.05) is 18.2 Å². The number of fused-ring (bicyclic) bond motifs is 1. The molecule has 2 aromatic rings. The van der Waals surface area contributed by atoms with Crippen molar-refractivity contribution in [2.45, 2.75) is 39.2 Å². The topological polar surface area (TPSA) is 24.9 Å². The van der Waals surface area contributed by atoms with Crippen LogP contribution in [0.2, 0.25) is 0 Å². The lowest BCUT2D eigenvalue weighted by atomic mass is 10.0. The minimum Gasteiger partial charge on any atom is -0.312 e. The van der Waals surface area contributed by atoms with E-state index in [1.165, 1.54) is 43.2 Å². The summed E-state index contributed by atoms with van der Waals surface area (Å²) in [5.74, 6) is 1.03. The molecule has 1 aromatic heterocycles. The van der Waals surface area contributed by atoms with Gasteiger partial charge in [-0.15, -0.1) is 0 Å². The summed E-state index contributed by atoms with van der Waals surface area (Å²) in [7, 11) is 0. The molecule has 2 fully saturated rings. The van der Waals surface area contributed by atoms with E-state index in [2.05, 4.69) is 47.6 Å². The van der Waals surface area contributed by atoms with E-state index in [-0.39, 0.29) is 0 Å². The van der Waals surface area contributed by atoms with Gasteiger partial charge >= 0.3 is 0 Å². The van der Waals surface area contributed by atoms with E-state index in [1.54, 1.807) is 0 Å². The van der Waals surface area contributed by atoms with Crippen molar-refractivity contribution in [3.63, 3.8) is 0 Å². The SMILES string of the molecule is Cc1cc(CNCC2(C3CC3)CC2)c2ccccc2n1. The molecule has 0 spiro atoms. The first-order valence-corrected chi connectivity index (χ1v) is 7.83. The van der Waals surface area contributed by atoms with Crippen molar-refractivity contribution >= 4 is 10.9 Å². The van der Waals surface area contributed by atoms with Gasteiger partial charge in [0.05, 0.1) is 5.52 Å². The normalized spacial score (nSPS) is 20.2. The Balaban J connectivity index is 1.50. The molecule has 104 valence electrons. The van der Waals surface area contributed by atoms with E-state index in [9.17, 15) is 0 Å². The summed E-state index contributed by atoms with van der Waals surface area (Å²) in [5, 5.41) is 5.01. The van der Waals surface area contributed by atoms with E-state index in [0.717, 1.165) is 23.7 Å². The molecule has 4 rings (SSSR count). The average Bonchev–Trinajstić information content (AvgIpc) is 3.31. The molecule has 0 radical (unpaired) electrons. The molecule has 0 aliphatic heterocycles. The summed E-state index contributed by atoms with van der Waals surface area (Å²) in [5.41, 5.74) is 4.30. The fourth-order valence-electron chi connectivity index (χ4n) is 3.57. The third-order valence-electron chi connectivity index (χ3n) is 5.06. The van der Waals surface area contributed by atoms with Crippen LogP contribution in [0, 0.1) is 18.3 Å². The quantitative estimate of drug-likeness (QED) is 0.890. The number of benzene rings is 1. The zero-order valence-corrected chi connectivity index (χ0v) is 12.2. The van der Waals surface area contributed by atoms with Gasteiger partial charge in [-0.05, 0) is 61.6 Å². The standard InChI is InChI=1S/C18H22N2/c1-13-10-14(16-4-2-3-5-17(16)20-13)11-19-12-18(8-9-18)15-6-7-15/h2-5,10,15,19H,6-9,11-12H2,1H3. The highest BCUT2D eigenvalue weighted by atomic mass is 14.9. The predicted molar refractivity (Wildman–Crippen MR) is 82.6 cm³/mol. The van der Waals surface area contributed by atoms with Crippen molar-refractivity contribution in [3.05, 3.63) is 41.6 Å². The maximum absolute atomic E-state index is 4.62. The number of aromatic nitrogens is 1. The summed E-state index contributed by atoms with van der Waals surface area (Å²) in [6.45, 7) is 4.26. The summed E-state index contributed by atoms with van der Waals surface area (Å²) < 4.78 is 0. The van der Waals surface area contributed by atoms with Gasteiger partial charge in [-0.25, -0.2) is 0 Å². The van der Waals surface area contributed by atoms with Gasteiger partial charge in [0, 0.05) is 24.2 Å². The maximum Gasteiger partial charge on any atom is 0.0708 e. The van der Waals surface area contributed by atoms with Crippen LogP contribution < -0.4 is 5.32 Å². The third-order valence-corrected chi connectivity index (χ3v) is 5.06. The van der Waals surface area contributed by atoms with Gasteiger partial charge < -0.3 is 5.32 Å². The summed E-state index contributed by atoms with van der Waals surface area (Å²) in [6, 6.07) is 10.7. The summed E-state index contributed by atoms with van der Waals surface area (Å²) in [4.78, 5) is 4.62. The number of aryl methyl sites for hydroxylation is 1. The van der Waals surface area contributed by atoms with E-state index in [1.807, 2.05) is 0 Å². The van der Waals surface area contributed by atoms with Crippen molar-refractivity contribution < 1.29 is 0 Å². The fraction of sp³-hybridized carbons (Fsp3) is 0.500. The number of nitrogens with zero attached hydrogens (tertiary/aromatic N) is 1. The number of para-hydroxylation sites is 1. The molecular formula is C18H22N2. The Morgan fingerprint density at radius 3 is 2.80 bits per heavy atom. The largest absolute Gasteiger partial charge is 0.312 e. The minimum absolute atomic E-state index is 0.678. The van der Waals surface area contributed by atoms with E-state index in [4.69, 9.17) is 0 Å². The minimum atomic E-state index is 0.678. The van der Waals surface area contributed by atoms with Crippen molar-refractivity contribution in [2.75, 3.05) is 6.54 Å². The highest BCUT2D eigenvalue weighted by molar-refractivity contribution is 5.82. The maximum atomic E-state index is 4.62. The lowest BCUT2D eigenvalue weighted by Gasteiger charge is -2.16. The molecule has 2 aliphatic carbocycles. The lowest BCUT2D eigenvalue weighted by molar-refractivity contribution is 0.404. The van der Waals surface area contributed by atoms with E-state index in [0.29, 0.717) is 5.41 Å². The van der Waals surface area contributed by atoms with E-state index < -0.39 is 0 Å². The lowest BCUT2D eigenvalue weighted by Crippen LogP contribution is -2.25. The summed E-state index contributed by atoms with van der Waals surface area (Å²) >= 11 is 0. The van der Waals surface area contributed by atoms with Crippen LogP contribution in [0.1, 0.15) is 36.9 Å². The predicted octanol–water partition coefficient (Wildman–Crippen LogP) is 3.82. The molecule has 2 nitrogen and oxygen atoms in total. The number of rotatable bonds is 5. The first-order valence-electron chi connectivity index (χ1n) is 7.83. The molecule has 0 saturated heterocycles. The Bertz CT molecular complexity index is 639. The van der Waals surface area contributed by atoms with Crippen LogP contribution in [0.25, 0.3) is 10.9 Å². The van der Waals surface area contributed by atoms with Crippen molar-refractivity contribution in [1.29, 1.82) is 0 Å². The second kappa shape index (κ2) is 4.56. The molecule has 1 aromatic carbocycles. The Labute approximate surface area is 120 Å². The van der Waals surface area contributed by atoms with Crippen LogP contribution in [0.3, 0.4) is 0 Å². The molecule has 2 heteroatoms. The highest BCUT2D eigenvalue weighted by Gasteiger charge is 2.53. The van der Waals surface area contributed by atoms with Gasteiger partial charge in [-0.2, -0.15) is 0 Å². The van der Waals surface area contributed by atoms with Crippen molar-refractivity contribution in [3.8, 4) is 0 Å². The zero-order chi connectivity index (χ0) is 13.6. The van der Waals surface area contributed by atoms with Crippen LogP contribution in [-0.2, 0) is 6.54 Å². The van der Waals surface area contributed by atoms with Crippen LogP contribution in [0.4, 0.5) is 0 Å². The Hall–Kier alpha value is -1.41.